The highest BCUT2D eigenvalue weighted by molar-refractivity contribution is 14.1. The highest BCUT2D eigenvalue weighted by atomic mass is 127. The van der Waals surface area contributed by atoms with E-state index in [0.29, 0.717) is 19.0 Å². The first-order chi connectivity index (χ1) is 9.49. The SMILES string of the molecule is CCN(CC)C(=O)C(C)n1c(N)nc2cc(I)ccc21. The number of nitrogens with zero attached hydrogens (tertiary/aromatic N) is 3. The molecular weight excluding hydrogens is 367 g/mol. The molecular formula is C14H19IN4O. The van der Waals surface area contributed by atoms with Crippen LogP contribution >= 0.6 is 22.6 Å². The minimum atomic E-state index is -0.347. The van der Waals surface area contributed by atoms with Gasteiger partial charge in [0.25, 0.3) is 0 Å². The zero-order valence-electron chi connectivity index (χ0n) is 11.9. The van der Waals surface area contributed by atoms with Gasteiger partial charge in [0, 0.05) is 16.7 Å². The van der Waals surface area contributed by atoms with Crippen LogP contribution in [0.5, 0.6) is 0 Å². The fourth-order valence-corrected chi connectivity index (χ4v) is 2.88. The maximum atomic E-state index is 12.5. The number of nitrogens with two attached hydrogens (primary N) is 1. The lowest BCUT2D eigenvalue weighted by molar-refractivity contribution is -0.133. The summed E-state index contributed by atoms with van der Waals surface area (Å²) < 4.78 is 2.91. The second-order valence-electron chi connectivity index (χ2n) is 4.66. The largest absolute Gasteiger partial charge is 0.369 e. The molecule has 1 amide bonds. The van der Waals surface area contributed by atoms with Crippen LogP contribution in [0.4, 0.5) is 5.95 Å². The average Bonchev–Trinajstić information content (AvgIpc) is 2.74. The first kappa shape index (κ1) is 15.1. The van der Waals surface area contributed by atoms with Gasteiger partial charge in [0.1, 0.15) is 6.04 Å². The number of aromatic nitrogens is 2. The number of nitrogen functional groups attached to an aromatic ring is 1. The van der Waals surface area contributed by atoms with Crippen LogP contribution in [0.2, 0.25) is 0 Å². The summed E-state index contributed by atoms with van der Waals surface area (Å²) in [5.41, 5.74) is 7.73. The molecule has 108 valence electrons. The molecule has 2 rings (SSSR count). The van der Waals surface area contributed by atoms with E-state index < -0.39 is 0 Å². The van der Waals surface area contributed by atoms with Crippen molar-refractivity contribution in [3.8, 4) is 0 Å². The molecule has 0 spiro atoms. The predicted molar refractivity (Wildman–Crippen MR) is 89.5 cm³/mol. The molecule has 0 aliphatic rings. The molecule has 0 saturated heterocycles. The van der Waals surface area contributed by atoms with Crippen LogP contribution in [0.3, 0.4) is 0 Å². The summed E-state index contributed by atoms with van der Waals surface area (Å²) >= 11 is 2.24. The Hall–Kier alpha value is -1.31. The molecule has 1 unspecified atom stereocenters. The second-order valence-corrected chi connectivity index (χ2v) is 5.91. The number of hydrogen-bond donors (Lipinski definition) is 1. The van der Waals surface area contributed by atoms with E-state index in [4.69, 9.17) is 5.73 Å². The number of carbonyl (C=O) groups is 1. The summed E-state index contributed by atoms with van der Waals surface area (Å²) in [6.45, 7) is 7.22. The molecule has 0 bridgehead atoms. The molecule has 0 fully saturated rings. The van der Waals surface area contributed by atoms with E-state index in [1.165, 1.54) is 0 Å². The van der Waals surface area contributed by atoms with Crippen molar-refractivity contribution in [3.63, 3.8) is 0 Å². The monoisotopic (exact) mass is 386 g/mol. The Bertz CT molecular complexity index is 633. The van der Waals surface area contributed by atoms with E-state index in [0.717, 1.165) is 14.6 Å². The van der Waals surface area contributed by atoms with Crippen LogP contribution < -0.4 is 5.73 Å². The molecule has 5 nitrogen and oxygen atoms in total. The van der Waals surface area contributed by atoms with E-state index >= 15 is 0 Å². The topological polar surface area (TPSA) is 64.2 Å². The standard InChI is InChI=1S/C14H19IN4O/c1-4-18(5-2)13(20)9(3)19-12-7-6-10(15)8-11(12)17-14(19)16/h6-9H,4-5H2,1-3H3,(H2,16,17). The third-order valence-electron chi connectivity index (χ3n) is 3.50. The Kier molecular flexibility index (Phi) is 4.52. The van der Waals surface area contributed by atoms with Crippen LogP contribution in [-0.4, -0.2) is 33.4 Å². The number of imidazole rings is 1. The lowest BCUT2D eigenvalue weighted by Gasteiger charge is -2.24. The van der Waals surface area contributed by atoms with Crippen LogP contribution in [0.1, 0.15) is 26.8 Å². The lowest BCUT2D eigenvalue weighted by atomic mass is 10.2. The summed E-state index contributed by atoms with van der Waals surface area (Å²) in [7, 11) is 0. The van der Waals surface area contributed by atoms with Crippen molar-refractivity contribution < 1.29 is 4.79 Å². The van der Waals surface area contributed by atoms with Gasteiger partial charge in [-0.25, -0.2) is 4.98 Å². The van der Waals surface area contributed by atoms with Crippen LogP contribution in [0, 0.1) is 3.57 Å². The minimum Gasteiger partial charge on any atom is -0.369 e. The number of carbonyl (C=O) groups excluding carboxylic acids is 1. The average molecular weight is 386 g/mol. The molecule has 1 atom stereocenters. The molecule has 20 heavy (non-hydrogen) atoms. The summed E-state index contributed by atoms with van der Waals surface area (Å²) in [5.74, 6) is 0.453. The maximum absolute atomic E-state index is 12.5. The molecule has 0 saturated carbocycles. The Morgan fingerprint density at radius 1 is 1.45 bits per heavy atom. The summed E-state index contributed by atoms with van der Waals surface area (Å²) in [5, 5.41) is 0. The van der Waals surface area contributed by atoms with Crippen LogP contribution in [0.25, 0.3) is 11.0 Å². The highest BCUT2D eigenvalue weighted by Gasteiger charge is 2.23. The highest BCUT2D eigenvalue weighted by Crippen LogP contribution is 2.25. The van der Waals surface area contributed by atoms with Gasteiger partial charge in [-0.2, -0.15) is 0 Å². The third-order valence-corrected chi connectivity index (χ3v) is 4.17. The second kappa shape index (κ2) is 5.99. The Balaban J connectivity index is 2.46. The quantitative estimate of drug-likeness (QED) is 0.822. The Morgan fingerprint density at radius 2 is 2.10 bits per heavy atom. The van der Waals surface area contributed by atoms with Crippen molar-refractivity contribution in [1.82, 2.24) is 14.5 Å². The molecule has 1 aromatic heterocycles. The Morgan fingerprint density at radius 3 is 2.70 bits per heavy atom. The first-order valence-electron chi connectivity index (χ1n) is 6.71. The summed E-state index contributed by atoms with van der Waals surface area (Å²) in [4.78, 5) is 18.6. The molecule has 0 radical (unpaired) electrons. The molecule has 0 aliphatic heterocycles. The number of amides is 1. The number of benzene rings is 1. The van der Waals surface area contributed by atoms with Crippen molar-refractivity contribution >= 4 is 45.5 Å². The van der Waals surface area contributed by atoms with Gasteiger partial charge in [0.05, 0.1) is 11.0 Å². The van der Waals surface area contributed by atoms with Gasteiger partial charge in [0.15, 0.2) is 0 Å². The Labute approximate surface area is 132 Å². The molecule has 1 heterocycles. The van der Waals surface area contributed by atoms with Crippen molar-refractivity contribution in [2.24, 2.45) is 0 Å². The molecule has 2 N–H and O–H groups in total. The van der Waals surface area contributed by atoms with E-state index in [2.05, 4.69) is 27.6 Å². The van der Waals surface area contributed by atoms with Gasteiger partial charge in [-0.1, -0.05) is 0 Å². The van der Waals surface area contributed by atoms with Crippen LogP contribution in [-0.2, 0) is 4.79 Å². The lowest BCUT2D eigenvalue weighted by Crippen LogP contribution is -2.36. The fraction of sp³-hybridized carbons (Fsp3) is 0.429. The minimum absolute atomic E-state index is 0.0690. The van der Waals surface area contributed by atoms with Gasteiger partial charge in [-0.05, 0) is 61.6 Å². The molecule has 6 heteroatoms. The summed E-state index contributed by atoms with van der Waals surface area (Å²) in [6.07, 6.45) is 0. The maximum Gasteiger partial charge on any atom is 0.245 e. The van der Waals surface area contributed by atoms with Gasteiger partial charge in [-0.3, -0.25) is 9.36 Å². The molecule has 1 aromatic carbocycles. The van der Waals surface area contributed by atoms with Gasteiger partial charge in [0.2, 0.25) is 11.9 Å². The number of anilines is 1. The first-order valence-corrected chi connectivity index (χ1v) is 7.79. The van der Waals surface area contributed by atoms with Crippen molar-refractivity contribution in [2.75, 3.05) is 18.8 Å². The zero-order chi connectivity index (χ0) is 14.9. The van der Waals surface area contributed by atoms with E-state index in [9.17, 15) is 4.79 Å². The number of fused-ring (bicyclic) bond motifs is 1. The van der Waals surface area contributed by atoms with E-state index in [-0.39, 0.29) is 11.9 Å². The molecule has 0 aliphatic carbocycles. The third kappa shape index (κ3) is 2.61. The number of rotatable bonds is 4. The predicted octanol–water partition coefficient (Wildman–Crippen LogP) is 2.65. The fourth-order valence-electron chi connectivity index (χ4n) is 2.41. The number of likely N-dealkylation sites (N-methyl/N-ethyl adjacent to an activating group) is 1. The van der Waals surface area contributed by atoms with Crippen molar-refractivity contribution in [3.05, 3.63) is 21.8 Å². The zero-order valence-corrected chi connectivity index (χ0v) is 14.1. The number of halogens is 1. The number of hydrogen-bond acceptors (Lipinski definition) is 3. The van der Waals surface area contributed by atoms with Gasteiger partial charge < -0.3 is 10.6 Å². The molecule has 2 aromatic rings. The smallest absolute Gasteiger partial charge is 0.245 e. The summed E-state index contributed by atoms with van der Waals surface area (Å²) in [6, 6.07) is 5.58. The van der Waals surface area contributed by atoms with E-state index in [1.807, 2.05) is 48.4 Å². The van der Waals surface area contributed by atoms with Crippen LogP contribution in [0.15, 0.2) is 18.2 Å². The van der Waals surface area contributed by atoms with Crippen molar-refractivity contribution in [1.29, 1.82) is 0 Å². The normalized spacial score (nSPS) is 12.6. The van der Waals surface area contributed by atoms with E-state index in [1.54, 1.807) is 0 Å². The van der Waals surface area contributed by atoms with Gasteiger partial charge in [-0.15, -0.1) is 0 Å². The van der Waals surface area contributed by atoms with Gasteiger partial charge >= 0.3 is 0 Å². The van der Waals surface area contributed by atoms with Crippen molar-refractivity contribution in [2.45, 2.75) is 26.8 Å².